The second-order valence-corrected chi connectivity index (χ2v) is 8.47. The van der Waals surface area contributed by atoms with Crippen molar-refractivity contribution in [2.45, 2.75) is 39.4 Å². The molecule has 0 amide bonds. The molecule has 2 aromatic carbocycles. The van der Waals surface area contributed by atoms with E-state index < -0.39 is 0 Å². The van der Waals surface area contributed by atoms with Gasteiger partial charge in [0.15, 0.2) is 5.96 Å². The summed E-state index contributed by atoms with van der Waals surface area (Å²) in [5, 5.41) is 11.8. The fraction of sp³-hybridized carbons (Fsp3) is 0.385. The molecule has 0 radical (unpaired) electrons. The Morgan fingerprint density at radius 2 is 1.85 bits per heavy atom. The Morgan fingerprint density at radius 1 is 1.12 bits per heavy atom. The Hall–Kier alpha value is -2.75. The number of para-hydroxylation sites is 2. The highest BCUT2D eigenvalue weighted by molar-refractivity contribution is 14.0. The van der Waals surface area contributed by atoms with E-state index in [0.717, 1.165) is 49.1 Å². The predicted molar refractivity (Wildman–Crippen MR) is 150 cm³/mol. The first-order valence-corrected chi connectivity index (χ1v) is 11.5. The fourth-order valence-electron chi connectivity index (χ4n) is 4.45. The van der Waals surface area contributed by atoms with E-state index in [4.69, 9.17) is 9.84 Å². The highest BCUT2D eigenvalue weighted by Gasteiger charge is 2.25. The zero-order valence-electron chi connectivity index (χ0n) is 20.4. The van der Waals surface area contributed by atoms with Crippen LogP contribution < -0.4 is 20.3 Å². The van der Waals surface area contributed by atoms with E-state index in [1.165, 1.54) is 16.8 Å². The first-order chi connectivity index (χ1) is 16.1. The number of nitrogens with zero attached hydrogens (tertiary/aromatic N) is 4. The molecule has 0 bridgehead atoms. The van der Waals surface area contributed by atoms with Gasteiger partial charge in [0.25, 0.3) is 0 Å². The van der Waals surface area contributed by atoms with Gasteiger partial charge in [0.2, 0.25) is 0 Å². The highest BCUT2D eigenvalue weighted by atomic mass is 127. The maximum Gasteiger partial charge on any atom is 0.191 e. The summed E-state index contributed by atoms with van der Waals surface area (Å²) in [6.45, 7) is 7.58. The highest BCUT2D eigenvalue weighted by Crippen LogP contribution is 2.30. The van der Waals surface area contributed by atoms with Crippen molar-refractivity contribution >= 4 is 35.6 Å². The van der Waals surface area contributed by atoms with Gasteiger partial charge in [0, 0.05) is 44.0 Å². The molecule has 3 aromatic rings. The molecule has 1 fully saturated rings. The number of nitrogens with one attached hydrogen (secondary N) is 2. The zero-order valence-corrected chi connectivity index (χ0v) is 22.7. The summed E-state index contributed by atoms with van der Waals surface area (Å²) in [4.78, 5) is 6.82. The van der Waals surface area contributed by atoms with Crippen LogP contribution in [-0.2, 0) is 13.1 Å². The van der Waals surface area contributed by atoms with Crippen LogP contribution in [0.1, 0.15) is 28.9 Å². The van der Waals surface area contributed by atoms with E-state index in [1.807, 2.05) is 25.2 Å². The van der Waals surface area contributed by atoms with Crippen LogP contribution in [0.4, 0.5) is 5.69 Å². The molecule has 1 saturated heterocycles. The average molecular weight is 575 g/mol. The smallest absolute Gasteiger partial charge is 0.191 e. The van der Waals surface area contributed by atoms with Crippen LogP contribution in [0.5, 0.6) is 5.75 Å². The summed E-state index contributed by atoms with van der Waals surface area (Å²) >= 11 is 0. The van der Waals surface area contributed by atoms with Gasteiger partial charge in [-0.2, -0.15) is 5.10 Å². The molecule has 0 spiro atoms. The average Bonchev–Trinajstić information content (AvgIpc) is 3.41. The number of hydrogen-bond acceptors (Lipinski definition) is 4. The number of aryl methyl sites for hydroxylation is 1. The van der Waals surface area contributed by atoms with Crippen molar-refractivity contribution in [1.29, 1.82) is 0 Å². The lowest BCUT2D eigenvalue weighted by atomic mass is 10.2. The Balaban J connectivity index is 0.00000324. The molecule has 1 unspecified atom stereocenters. The number of halogens is 1. The van der Waals surface area contributed by atoms with Gasteiger partial charge in [-0.1, -0.05) is 42.5 Å². The van der Waals surface area contributed by atoms with Crippen LogP contribution >= 0.6 is 24.0 Å². The van der Waals surface area contributed by atoms with Crippen molar-refractivity contribution in [3.8, 4) is 5.75 Å². The third kappa shape index (κ3) is 6.02. The quantitative estimate of drug-likeness (QED) is 0.253. The molecule has 1 aromatic heterocycles. The van der Waals surface area contributed by atoms with E-state index >= 15 is 0 Å². The minimum Gasteiger partial charge on any atom is -0.495 e. The second-order valence-electron chi connectivity index (χ2n) is 8.47. The van der Waals surface area contributed by atoms with E-state index in [-0.39, 0.29) is 24.0 Å². The third-order valence-electron chi connectivity index (χ3n) is 6.32. The number of methoxy groups -OCH3 is 1. The van der Waals surface area contributed by atoms with Gasteiger partial charge in [-0.25, -0.2) is 0 Å². The molecule has 2 N–H and O–H groups in total. The summed E-state index contributed by atoms with van der Waals surface area (Å²) in [7, 11) is 3.54. The Kier molecular flexibility index (Phi) is 9.20. The Morgan fingerprint density at radius 3 is 2.59 bits per heavy atom. The standard InChI is InChI=1S/C26H34N6O.HI/c1-19-23(20(2)32(30-19)17-21-10-6-5-7-11-21)16-28-26(27-3)29-22-14-15-31(18-22)24-12-8-9-13-25(24)33-4;/h5-13,22H,14-18H2,1-4H3,(H2,27,28,29);1H. The lowest BCUT2D eigenvalue weighted by Crippen LogP contribution is -2.44. The van der Waals surface area contributed by atoms with Crippen LogP contribution in [0.15, 0.2) is 59.6 Å². The molecule has 0 saturated carbocycles. The van der Waals surface area contributed by atoms with Gasteiger partial charge < -0.3 is 20.3 Å². The van der Waals surface area contributed by atoms with Crippen molar-refractivity contribution in [2.24, 2.45) is 4.99 Å². The summed E-state index contributed by atoms with van der Waals surface area (Å²) < 4.78 is 7.62. The van der Waals surface area contributed by atoms with Gasteiger partial charge in [0.05, 0.1) is 25.0 Å². The summed E-state index contributed by atoms with van der Waals surface area (Å²) in [5.74, 6) is 1.73. The van der Waals surface area contributed by atoms with Crippen LogP contribution in [-0.4, -0.2) is 49.0 Å². The lowest BCUT2D eigenvalue weighted by Gasteiger charge is -2.22. The van der Waals surface area contributed by atoms with Crippen molar-refractivity contribution in [1.82, 2.24) is 20.4 Å². The van der Waals surface area contributed by atoms with Crippen molar-refractivity contribution < 1.29 is 4.74 Å². The van der Waals surface area contributed by atoms with Crippen LogP contribution in [0.2, 0.25) is 0 Å². The summed E-state index contributed by atoms with van der Waals surface area (Å²) in [6, 6.07) is 19.0. The summed E-state index contributed by atoms with van der Waals surface area (Å²) in [6.07, 6.45) is 1.05. The predicted octanol–water partition coefficient (Wildman–Crippen LogP) is 4.12. The van der Waals surface area contributed by atoms with Crippen molar-refractivity contribution in [3.05, 3.63) is 77.1 Å². The molecule has 0 aliphatic carbocycles. The Labute approximate surface area is 219 Å². The molecular weight excluding hydrogens is 539 g/mol. The van der Waals surface area contributed by atoms with E-state index in [2.05, 4.69) is 75.5 Å². The molecule has 7 nitrogen and oxygen atoms in total. The number of ether oxygens (including phenoxy) is 1. The molecule has 182 valence electrons. The monoisotopic (exact) mass is 574 g/mol. The molecular formula is C26H35IN6O. The van der Waals surface area contributed by atoms with E-state index in [1.54, 1.807) is 7.11 Å². The van der Waals surface area contributed by atoms with Gasteiger partial charge in [-0.05, 0) is 38.0 Å². The molecule has 1 aliphatic rings. The van der Waals surface area contributed by atoms with Gasteiger partial charge >= 0.3 is 0 Å². The number of anilines is 1. The largest absolute Gasteiger partial charge is 0.495 e. The van der Waals surface area contributed by atoms with Crippen LogP contribution in [0, 0.1) is 13.8 Å². The third-order valence-corrected chi connectivity index (χ3v) is 6.32. The maximum atomic E-state index is 5.54. The number of benzene rings is 2. The second kappa shape index (κ2) is 12.1. The van der Waals surface area contributed by atoms with Gasteiger partial charge in [0.1, 0.15) is 5.75 Å². The van der Waals surface area contributed by atoms with Gasteiger partial charge in [-0.3, -0.25) is 9.67 Å². The number of rotatable bonds is 7. The number of aliphatic imine (C=N–C) groups is 1. The van der Waals surface area contributed by atoms with E-state index in [0.29, 0.717) is 12.6 Å². The minimum atomic E-state index is 0. The molecule has 1 aliphatic heterocycles. The molecule has 4 rings (SSSR count). The molecule has 2 heterocycles. The van der Waals surface area contributed by atoms with Crippen molar-refractivity contribution in [2.75, 3.05) is 32.1 Å². The fourth-order valence-corrected chi connectivity index (χ4v) is 4.45. The van der Waals surface area contributed by atoms with E-state index in [9.17, 15) is 0 Å². The zero-order chi connectivity index (χ0) is 23.2. The molecule has 8 heteroatoms. The topological polar surface area (TPSA) is 66.7 Å². The molecule has 1 atom stereocenters. The first-order valence-electron chi connectivity index (χ1n) is 11.5. The minimum absolute atomic E-state index is 0. The van der Waals surface area contributed by atoms with Gasteiger partial charge in [-0.15, -0.1) is 24.0 Å². The van der Waals surface area contributed by atoms with Crippen LogP contribution in [0.3, 0.4) is 0 Å². The number of hydrogen-bond donors (Lipinski definition) is 2. The normalized spacial score (nSPS) is 15.7. The first kappa shape index (κ1) is 25.9. The number of aromatic nitrogens is 2. The van der Waals surface area contributed by atoms with Crippen molar-refractivity contribution in [3.63, 3.8) is 0 Å². The Bertz CT molecular complexity index is 1100. The summed E-state index contributed by atoms with van der Waals surface area (Å²) in [5.41, 5.74) is 5.85. The number of guanidine groups is 1. The lowest BCUT2D eigenvalue weighted by molar-refractivity contribution is 0.415. The SMILES string of the molecule is CN=C(NCc1c(C)nn(Cc2ccccc2)c1C)NC1CCN(c2ccccc2OC)C1.I. The molecule has 34 heavy (non-hydrogen) atoms. The van der Waals surface area contributed by atoms with Crippen LogP contribution in [0.25, 0.3) is 0 Å². The maximum absolute atomic E-state index is 5.54.